The fourth-order valence-corrected chi connectivity index (χ4v) is 3.71. The van der Waals surface area contributed by atoms with Crippen LogP contribution in [0.15, 0.2) is 48.5 Å². The van der Waals surface area contributed by atoms with Crippen molar-refractivity contribution in [3.05, 3.63) is 59.9 Å². The van der Waals surface area contributed by atoms with E-state index in [1.54, 1.807) is 36.4 Å². The van der Waals surface area contributed by atoms with Crippen molar-refractivity contribution in [3.8, 4) is 0 Å². The number of carbonyl (C=O) groups is 2. The fraction of sp³-hybridized carbons (Fsp3) is 0.364. The molecule has 2 heterocycles. The van der Waals surface area contributed by atoms with Crippen LogP contribution in [-0.2, 0) is 9.53 Å². The largest absolute Gasteiger partial charge is 0.368 e. The molecule has 1 unspecified atom stereocenters. The minimum atomic E-state index is -0.381. The van der Waals surface area contributed by atoms with Gasteiger partial charge in [0.2, 0.25) is 0 Å². The number of piperazine rings is 1. The molecule has 0 radical (unpaired) electrons. The van der Waals surface area contributed by atoms with Gasteiger partial charge in [-0.05, 0) is 61.4 Å². The summed E-state index contributed by atoms with van der Waals surface area (Å²) in [5.74, 6) is -0.419. The van der Waals surface area contributed by atoms with Crippen molar-refractivity contribution in [2.75, 3.05) is 43.0 Å². The highest BCUT2D eigenvalue weighted by Crippen LogP contribution is 2.19. The summed E-state index contributed by atoms with van der Waals surface area (Å²) in [5, 5.41) is 2.84. The molecule has 0 bridgehead atoms. The Morgan fingerprint density at radius 1 is 0.966 bits per heavy atom. The van der Waals surface area contributed by atoms with Gasteiger partial charge < -0.3 is 19.9 Å². The van der Waals surface area contributed by atoms with Crippen LogP contribution in [0.2, 0.25) is 0 Å². The molecule has 6 nitrogen and oxygen atoms in total. The Morgan fingerprint density at radius 2 is 1.66 bits per heavy atom. The Hall–Kier alpha value is -2.93. The van der Waals surface area contributed by atoms with Gasteiger partial charge in [0.25, 0.3) is 11.8 Å². The number of ether oxygens (including phenoxy) is 1. The molecule has 2 amide bonds. The van der Waals surface area contributed by atoms with Crippen LogP contribution in [0.1, 0.15) is 23.2 Å². The van der Waals surface area contributed by atoms with Crippen molar-refractivity contribution in [1.82, 2.24) is 4.90 Å². The number of anilines is 2. The highest BCUT2D eigenvalue weighted by molar-refractivity contribution is 5.97. The van der Waals surface area contributed by atoms with E-state index in [4.69, 9.17) is 4.74 Å². The van der Waals surface area contributed by atoms with E-state index in [2.05, 4.69) is 10.2 Å². The molecule has 4 rings (SSSR count). The first-order chi connectivity index (χ1) is 14.1. The first-order valence-electron chi connectivity index (χ1n) is 9.92. The lowest BCUT2D eigenvalue weighted by molar-refractivity contribution is -0.124. The molecule has 152 valence electrons. The van der Waals surface area contributed by atoms with Crippen LogP contribution in [0.3, 0.4) is 0 Å². The Bertz CT molecular complexity index is 856. The van der Waals surface area contributed by atoms with Crippen molar-refractivity contribution in [1.29, 1.82) is 0 Å². The van der Waals surface area contributed by atoms with E-state index < -0.39 is 0 Å². The molecule has 7 heteroatoms. The molecule has 2 aromatic rings. The van der Waals surface area contributed by atoms with Crippen molar-refractivity contribution in [2.45, 2.75) is 18.9 Å². The number of hydrogen-bond donors (Lipinski definition) is 1. The Balaban J connectivity index is 1.31. The van der Waals surface area contributed by atoms with Crippen LogP contribution in [0, 0.1) is 5.82 Å². The van der Waals surface area contributed by atoms with Gasteiger partial charge in [0.1, 0.15) is 11.9 Å². The van der Waals surface area contributed by atoms with Crippen LogP contribution in [0.5, 0.6) is 0 Å². The maximum Gasteiger partial charge on any atom is 0.253 e. The molecule has 0 saturated carbocycles. The molecule has 0 aromatic heterocycles. The Kier molecular flexibility index (Phi) is 5.76. The number of amides is 2. The Labute approximate surface area is 169 Å². The molecule has 0 spiro atoms. The summed E-state index contributed by atoms with van der Waals surface area (Å²) in [6.07, 6.45) is 1.26. The third-order valence-corrected chi connectivity index (χ3v) is 5.38. The van der Waals surface area contributed by atoms with Gasteiger partial charge in [0, 0.05) is 49.7 Å². The number of carbonyl (C=O) groups excluding carboxylic acids is 2. The summed E-state index contributed by atoms with van der Waals surface area (Å²) in [7, 11) is 0. The average molecular weight is 397 g/mol. The van der Waals surface area contributed by atoms with Gasteiger partial charge >= 0.3 is 0 Å². The Morgan fingerprint density at radius 3 is 2.28 bits per heavy atom. The van der Waals surface area contributed by atoms with Crippen molar-refractivity contribution in [3.63, 3.8) is 0 Å². The summed E-state index contributed by atoms with van der Waals surface area (Å²) in [4.78, 5) is 28.9. The maximum absolute atomic E-state index is 13.1. The average Bonchev–Trinajstić information content (AvgIpc) is 3.30. The van der Waals surface area contributed by atoms with Gasteiger partial charge in [-0.1, -0.05) is 0 Å². The number of benzene rings is 2. The number of halogens is 1. The summed E-state index contributed by atoms with van der Waals surface area (Å²) in [5.41, 5.74) is 2.21. The predicted octanol–water partition coefficient (Wildman–Crippen LogP) is 2.91. The molecule has 2 aliphatic heterocycles. The van der Waals surface area contributed by atoms with Crippen LogP contribution in [-0.4, -0.2) is 55.6 Å². The van der Waals surface area contributed by atoms with E-state index in [0.717, 1.165) is 18.5 Å². The molecule has 2 saturated heterocycles. The maximum atomic E-state index is 13.1. The standard InChI is InChI=1S/C22H24FN3O3/c23-17-5-9-19(10-6-17)25-11-13-26(14-12-25)22(28)16-3-7-18(8-4-16)24-21(27)20-2-1-15-29-20/h3-10,20H,1-2,11-15H2,(H,24,27). The highest BCUT2D eigenvalue weighted by Gasteiger charge is 2.24. The second-order valence-corrected chi connectivity index (χ2v) is 7.32. The van der Waals surface area contributed by atoms with E-state index in [1.807, 2.05) is 4.90 Å². The normalized spacial score (nSPS) is 19.3. The van der Waals surface area contributed by atoms with E-state index >= 15 is 0 Å². The number of hydrogen-bond acceptors (Lipinski definition) is 4. The number of nitrogens with zero attached hydrogens (tertiary/aromatic N) is 2. The second kappa shape index (κ2) is 8.61. The minimum Gasteiger partial charge on any atom is -0.368 e. The van der Waals surface area contributed by atoms with Gasteiger partial charge in [0.05, 0.1) is 0 Å². The minimum absolute atomic E-state index is 0.0271. The quantitative estimate of drug-likeness (QED) is 0.862. The zero-order chi connectivity index (χ0) is 20.2. The molecular weight excluding hydrogens is 373 g/mol. The predicted molar refractivity (Wildman–Crippen MR) is 109 cm³/mol. The topological polar surface area (TPSA) is 61.9 Å². The molecule has 2 fully saturated rings. The van der Waals surface area contributed by atoms with Crippen molar-refractivity contribution < 1.29 is 18.7 Å². The number of rotatable bonds is 4. The number of nitrogens with one attached hydrogen (secondary N) is 1. The molecule has 29 heavy (non-hydrogen) atoms. The zero-order valence-corrected chi connectivity index (χ0v) is 16.1. The first kappa shape index (κ1) is 19.4. The summed E-state index contributed by atoms with van der Waals surface area (Å²) < 4.78 is 18.5. The lowest BCUT2D eigenvalue weighted by Gasteiger charge is -2.36. The van der Waals surface area contributed by atoms with E-state index in [-0.39, 0.29) is 23.7 Å². The molecule has 2 aromatic carbocycles. The fourth-order valence-electron chi connectivity index (χ4n) is 3.71. The second-order valence-electron chi connectivity index (χ2n) is 7.32. The monoisotopic (exact) mass is 397 g/mol. The van der Waals surface area contributed by atoms with Gasteiger partial charge in [0.15, 0.2) is 0 Å². The van der Waals surface area contributed by atoms with Gasteiger partial charge in [-0.2, -0.15) is 0 Å². The van der Waals surface area contributed by atoms with E-state index in [0.29, 0.717) is 44.0 Å². The smallest absolute Gasteiger partial charge is 0.253 e. The molecule has 2 aliphatic rings. The van der Waals surface area contributed by atoms with Crippen LogP contribution >= 0.6 is 0 Å². The van der Waals surface area contributed by atoms with Crippen LogP contribution in [0.25, 0.3) is 0 Å². The third kappa shape index (κ3) is 4.56. The van der Waals surface area contributed by atoms with Crippen LogP contribution in [0.4, 0.5) is 15.8 Å². The molecule has 1 atom stereocenters. The zero-order valence-electron chi connectivity index (χ0n) is 16.1. The summed E-state index contributed by atoms with van der Waals surface area (Å²) >= 11 is 0. The van der Waals surface area contributed by atoms with Gasteiger partial charge in [-0.15, -0.1) is 0 Å². The molecule has 0 aliphatic carbocycles. The molecule has 1 N–H and O–H groups in total. The lowest BCUT2D eigenvalue weighted by atomic mass is 10.1. The van der Waals surface area contributed by atoms with Crippen molar-refractivity contribution in [2.24, 2.45) is 0 Å². The third-order valence-electron chi connectivity index (χ3n) is 5.38. The first-order valence-corrected chi connectivity index (χ1v) is 9.92. The summed E-state index contributed by atoms with van der Waals surface area (Å²) in [6.45, 7) is 3.24. The van der Waals surface area contributed by atoms with Gasteiger partial charge in [-0.3, -0.25) is 9.59 Å². The van der Waals surface area contributed by atoms with Crippen molar-refractivity contribution >= 4 is 23.2 Å². The highest BCUT2D eigenvalue weighted by atomic mass is 19.1. The van der Waals surface area contributed by atoms with E-state index in [1.165, 1.54) is 12.1 Å². The molecular formula is C22H24FN3O3. The SMILES string of the molecule is O=C(Nc1ccc(C(=O)N2CCN(c3ccc(F)cc3)CC2)cc1)C1CCCO1. The van der Waals surface area contributed by atoms with Crippen LogP contribution < -0.4 is 10.2 Å². The summed E-state index contributed by atoms with van der Waals surface area (Å²) in [6, 6.07) is 13.4. The van der Waals surface area contributed by atoms with E-state index in [9.17, 15) is 14.0 Å². The van der Waals surface area contributed by atoms with Gasteiger partial charge in [-0.25, -0.2) is 4.39 Å². The lowest BCUT2D eigenvalue weighted by Crippen LogP contribution is -2.48.